The summed E-state index contributed by atoms with van der Waals surface area (Å²) >= 11 is 3.57. The zero-order chi connectivity index (χ0) is 11.4. The Bertz CT molecular complexity index is 338. The Labute approximate surface area is 106 Å². The molecule has 2 heterocycles. The highest BCUT2D eigenvalue weighted by Crippen LogP contribution is 2.33. The average molecular weight is 283 g/mol. The number of aromatic nitrogens is 1. The third-order valence-electron chi connectivity index (χ3n) is 3.27. The van der Waals surface area contributed by atoms with E-state index in [2.05, 4.69) is 38.8 Å². The van der Waals surface area contributed by atoms with Gasteiger partial charge < -0.3 is 0 Å². The third-order valence-corrected chi connectivity index (χ3v) is 3.93. The van der Waals surface area contributed by atoms with Crippen LogP contribution in [-0.2, 0) is 0 Å². The summed E-state index contributed by atoms with van der Waals surface area (Å²) in [5, 5.41) is 0. The Hall–Kier alpha value is -0.410. The first-order valence-corrected chi connectivity index (χ1v) is 6.96. The van der Waals surface area contributed by atoms with E-state index < -0.39 is 0 Å². The van der Waals surface area contributed by atoms with Gasteiger partial charge in [-0.3, -0.25) is 4.90 Å². The van der Waals surface area contributed by atoms with Gasteiger partial charge in [-0.1, -0.05) is 19.4 Å². The summed E-state index contributed by atoms with van der Waals surface area (Å²) in [7, 11) is 0. The fourth-order valence-electron chi connectivity index (χ4n) is 2.55. The average Bonchev–Trinajstić information content (AvgIpc) is 2.31. The number of halogens is 1. The highest BCUT2D eigenvalue weighted by molar-refractivity contribution is 9.10. The van der Waals surface area contributed by atoms with Gasteiger partial charge in [0.2, 0.25) is 0 Å². The molecule has 2 nitrogen and oxygen atoms in total. The van der Waals surface area contributed by atoms with Crippen LogP contribution < -0.4 is 0 Å². The van der Waals surface area contributed by atoms with Crippen molar-refractivity contribution in [1.29, 1.82) is 0 Å². The van der Waals surface area contributed by atoms with Crippen molar-refractivity contribution >= 4 is 15.9 Å². The predicted molar refractivity (Wildman–Crippen MR) is 70.4 cm³/mol. The molecule has 1 aliphatic rings. The van der Waals surface area contributed by atoms with Gasteiger partial charge in [0.25, 0.3) is 0 Å². The molecule has 0 N–H and O–H groups in total. The van der Waals surface area contributed by atoms with Crippen LogP contribution >= 0.6 is 15.9 Å². The molecule has 1 aliphatic heterocycles. The minimum Gasteiger partial charge on any atom is -0.296 e. The quantitative estimate of drug-likeness (QED) is 0.785. The van der Waals surface area contributed by atoms with Crippen molar-refractivity contribution in [1.82, 2.24) is 9.88 Å². The van der Waals surface area contributed by atoms with Crippen LogP contribution in [0.4, 0.5) is 0 Å². The molecule has 88 valence electrons. The summed E-state index contributed by atoms with van der Waals surface area (Å²) in [6, 6.07) is 4.81. The third kappa shape index (κ3) is 2.64. The van der Waals surface area contributed by atoms with Crippen LogP contribution in [-0.4, -0.2) is 23.0 Å². The number of hydrogen-bond acceptors (Lipinski definition) is 2. The predicted octanol–water partition coefficient (Wildman–Crippen LogP) is 3.78. The summed E-state index contributed by atoms with van der Waals surface area (Å²) in [5.41, 5.74) is 1.36. The standard InChI is InChI=1S/C13H19BrN2/c1-2-9-16-10-4-3-7-12(16)11-6-5-8-15-13(11)14/h5-6,8,12H,2-4,7,9-10H2,1H3/t12-/m0/s1. The maximum Gasteiger partial charge on any atom is 0.110 e. The number of hydrogen-bond donors (Lipinski definition) is 0. The van der Waals surface area contributed by atoms with Gasteiger partial charge in [0.15, 0.2) is 0 Å². The molecule has 2 rings (SSSR count). The van der Waals surface area contributed by atoms with Crippen LogP contribution in [0, 0.1) is 0 Å². The molecule has 1 aromatic rings. The highest BCUT2D eigenvalue weighted by Gasteiger charge is 2.24. The molecular weight excluding hydrogens is 264 g/mol. The smallest absolute Gasteiger partial charge is 0.110 e. The maximum absolute atomic E-state index is 4.34. The summed E-state index contributed by atoms with van der Waals surface area (Å²) in [5.74, 6) is 0. The first kappa shape index (κ1) is 12.1. The summed E-state index contributed by atoms with van der Waals surface area (Å²) < 4.78 is 1.02. The normalized spacial score (nSPS) is 22.2. The van der Waals surface area contributed by atoms with Crippen LogP contribution in [0.1, 0.15) is 44.2 Å². The van der Waals surface area contributed by atoms with Crippen LogP contribution in [0.3, 0.4) is 0 Å². The van der Waals surface area contributed by atoms with Crippen molar-refractivity contribution in [3.8, 4) is 0 Å². The van der Waals surface area contributed by atoms with Crippen molar-refractivity contribution in [3.63, 3.8) is 0 Å². The SMILES string of the molecule is CCCN1CCCC[C@H]1c1cccnc1Br. The second-order valence-corrected chi connectivity index (χ2v) is 5.18. The lowest BCUT2D eigenvalue weighted by atomic mass is 9.96. The molecule has 0 aliphatic carbocycles. The molecule has 16 heavy (non-hydrogen) atoms. The van der Waals surface area contributed by atoms with E-state index in [-0.39, 0.29) is 0 Å². The minimum atomic E-state index is 0.566. The fourth-order valence-corrected chi connectivity index (χ4v) is 3.06. The number of rotatable bonds is 3. The lowest BCUT2D eigenvalue weighted by Gasteiger charge is -2.36. The van der Waals surface area contributed by atoms with Crippen molar-refractivity contribution in [3.05, 3.63) is 28.5 Å². The van der Waals surface area contributed by atoms with E-state index in [0.29, 0.717) is 6.04 Å². The summed E-state index contributed by atoms with van der Waals surface area (Å²) in [6.45, 7) is 4.69. The monoisotopic (exact) mass is 282 g/mol. The van der Waals surface area contributed by atoms with Crippen LogP contribution in [0.15, 0.2) is 22.9 Å². The number of nitrogens with zero attached hydrogens (tertiary/aromatic N) is 2. The topological polar surface area (TPSA) is 16.1 Å². The van der Waals surface area contributed by atoms with Crippen molar-refractivity contribution in [2.45, 2.75) is 38.6 Å². The largest absolute Gasteiger partial charge is 0.296 e. The first-order valence-electron chi connectivity index (χ1n) is 6.17. The molecule has 1 saturated heterocycles. The lowest BCUT2D eigenvalue weighted by molar-refractivity contribution is 0.148. The molecule has 0 unspecified atom stereocenters. The second kappa shape index (κ2) is 5.78. The van der Waals surface area contributed by atoms with Gasteiger partial charge in [-0.25, -0.2) is 4.98 Å². The summed E-state index contributed by atoms with van der Waals surface area (Å²) in [4.78, 5) is 6.94. The number of likely N-dealkylation sites (tertiary alicyclic amines) is 1. The first-order chi connectivity index (χ1) is 7.83. The van der Waals surface area contributed by atoms with Crippen LogP contribution in [0.5, 0.6) is 0 Å². The molecule has 3 heteroatoms. The minimum absolute atomic E-state index is 0.566. The van der Waals surface area contributed by atoms with Gasteiger partial charge in [0.05, 0.1) is 0 Å². The van der Waals surface area contributed by atoms with Crippen molar-refractivity contribution in [2.75, 3.05) is 13.1 Å². The number of piperidine rings is 1. The zero-order valence-corrected chi connectivity index (χ0v) is 11.4. The second-order valence-electron chi connectivity index (χ2n) is 4.43. The van der Waals surface area contributed by atoms with Crippen LogP contribution in [0.2, 0.25) is 0 Å². The van der Waals surface area contributed by atoms with E-state index in [4.69, 9.17) is 0 Å². The molecular formula is C13H19BrN2. The van der Waals surface area contributed by atoms with Crippen molar-refractivity contribution < 1.29 is 0 Å². The van der Waals surface area contributed by atoms with Gasteiger partial charge in [-0.15, -0.1) is 0 Å². The molecule has 0 radical (unpaired) electrons. The van der Waals surface area contributed by atoms with Gasteiger partial charge in [0, 0.05) is 17.8 Å². The van der Waals surface area contributed by atoms with Crippen molar-refractivity contribution in [2.24, 2.45) is 0 Å². The molecule has 0 amide bonds. The molecule has 1 aromatic heterocycles. The van der Waals surface area contributed by atoms with E-state index in [1.807, 2.05) is 12.3 Å². The van der Waals surface area contributed by atoms with E-state index in [1.165, 1.54) is 44.3 Å². The molecule has 0 aromatic carbocycles. The van der Waals surface area contributed by atoms with E-state index in [9.17, 15) is 0 Å². The van der Waals surface area contributed by atoms with Gasteiger partial charge in [-0.2, -0.15) is 0 Å². The molecule has 0 spiro atoms. The maximum atomic E-state index is 4.34. The molecule has 1 fully saturated rings. The lowest BCUT2D eigenvalue weighted by Crippen LogP contribution is -2.34. The molecule has 0 bridgehead atoms. The van der Waals surface area contributed by atoms with Gasteiger partial charge in [0.1, 0.15) is 4.60 Å². The number of pyridine rings is 1. The Morgan fingerprint density at radius 2 is 2.38 bits per heavy atom. The highest BCUT2D eigenvalue weighted by atomic mass is 79.9. The summed E-state index contributed by atoms with van der Waals surface area (Å²) in [6.07, 6.45) is 7.03. The Balaban J connectivity index is 2.19. The Morgan fingerprint density at radius 1 is 1.50 bits per heavy atom. The van der Waals surface area contributed by atoms with Gasteiger partial charge >= 0.3 is 0 Å². The Kier molecular flexibility index (Phi) is 4.36. The van der Waals surface area contributed by atoms with Gasteiger partial charge in [-0.05, 0) is 54.3 Å². The van der Waals surface area contributed by atoms with E-state index >= 15 is 0 Å². The fraction of sp³-hybridized carbons (Fsp3) is 0.615. The molecule has 0 saturated carbocycles. The van der Waals surface area contributed by atoms with E-state index in [1.54, 1.807) is 0 Å². The zero-order valence-electron chi connectivity index (χ0n) is 9.82. The van der Waals surface area contributed by atoms with Crippen LogP contribution in [0.25, 0.3) is 0 Å². The Morgan fingerprint density at radius 3 is 3.12 bits per heavy atom. The molecule has 1 atom stereocenters. The van der Waals surface area contributed by atoms with E-state index in [0.717, 1.165) is 4.60 Å².